The first-order valence-corrected chi connectivity index (χ1v) is 3.97. The van der Waals surface area contributed by atoms with Crippen LogP contribution in [0.25, 0.3) is 0 Å². The maximum Gasteiger partial charge on any atom is 0.132 e. The van der Waals surface area contributed by atoms with Crippen LogP contribution in [0.4, 0.5) is 0 Å². The second-order valence-electron chi connectivity index (χ2n) is 0.900. The maximum absolute atomic E-state index is 10.4. The summed E-state index contributed by atoms with van der Waals surface area (Å²) in [6, 6.07) is 0. The summed E-state index contributed by atoms with van der Waals surface area (Å²) in [5, 5.41) is 0. The van der Waals surface area contributed by atoms with Crippen LogP contribution in [-0.4, -0.2) is 13.5 Å². The molecule has 0 aromatic carbocycles. The molecule has 0 amide bonds. The molecule has 4 heteroatoms. The molecule has 0 aromatic heterocycles. The summed E-state index contributed by atoms with van der Waals surface area (Å²) in [4.78, 5) is 0. The minimum Gasteiger partial charge on any atom is -0.253 e. The van der Waals surface area contributed by atoms with Crippen molar-refractivity contribution < 1.29 is 4.21 Å². The van der Waals surface area contributed by atoms with Crippen molar-refractivity contribution >= 4 is 39.2 Å². The van der Waals surface area contributed by atoms with Crippen LogP contribution in [0, 0.1) is 0 Å². The van der Waals surface area contributed by atoms with E-state index in [-0.39, 0.29) is 0 Å². The Balaban J connectivity index is 3.58. The predicted octanol–water partition coefficient (Wildman–Crippen LogP) is 0.970. The van der Waals surface area contributed by atoms with Gasteiger partial charge in [0.05, 0.1) is 10.8 Å². The first-order valence-electron chi connectivity index (χ1n) is 1.79. The molecule has 0 aliphatic carbocycles. The molecule has 0 saturated carbocycles. The Morgan fingerprint density at radius 2 is 2.43 bits per heavy atom. The minimum absolute atomic E-state index is 0.294. The van der Waals surface area contributed by atoms with Crippen molar-refractivity contribution in [3.8, 4) is 0 Å². The summed E-state index contributed by atoms with van der Waals surface area (Å²) in [7, 11) is -0.983. The zero-order valence-corrected chi connectivity index (χ0v) is 6.41. The number of rotatable bonds is 1. The Kier molecular flexibility index (Phi) is 3.88. The van der Waals surface area contributed by atoms with Gasteiger partial charge in [0.15, 0.2) is 0 Å². The lowest BCUT2D eigenvalue weighted by Gasteiger charge is -1.86. The molecule has 42 valence electrons. The lowest BCUT2D eigenvalue weighted by Crippen LogP contribution is -1.97. The Morgan fingerprint density at radius 3 is 2.43 bits per heavy atom. The van der Waals surface area contributed by atoms with Crippen LogP contribution in [0.2, 0.25) is 0 Å². The Bertz CT molecular complexity index is 98.4. The third-order valence-electron chi connectivity index (χ3n) is 0.457. The van der Waals surface area contributed by atoms with E-state index in [1.54, 1.807) is 6.92 Å². The van der Waals surface area contributed by atoms with Gasteiger partial charge in [-0.3, -0.25) is 4.21 Å². The Hall–Kier alpha value is 0.590. The molecule has 0 N–H and O–H groups in total. The van der Waals surface area contributed by atoms with Gasteiger partial charge in [-0.1, -0.05) is 19.1 Å². The number of thiol groups is 1. The summed E-state index contributed by atoms with van der Waals surface area (Å²) < 4.78 is 10.7. The molecule has 1 unspecified atom stereocenters. The van der Waals surface area contributed by atoms with E-state index in [4.69, 9.17) is 0 Å². The molecule has 0 aliphatic rings. The van der Waals surface area contributed by atoms with Gasteiger partial charge < -0.3 is 0 Å². The molecule has 1 atom stereocenters. The van der Waals surface area contributed by atoms with Crippen LogP contribution < -0.4 is 0 Å². The van der Waals surface area contributed by atoms with E-state index < -0.39 is 10.8 Å². The lowest BCUT2D eigenvalue weighted by atomic mass is 11.0. The van der Waals surface area contributed by atoms with Gasteiger partial charge in [-0.15, -0.1) is 12.6 Å². The standard InChI is InChI=1S/C3H6OS3/c1-2-7(4)3(5)6/h2H2,1H3,(H,5,6). The van der Waals surface area contributed by atoms with Crippen LogP contribution in [0.15, 0.2) is 0 Å². The number of thiocarbonyl (C=S) groups is 1. The van der Waals surface area contributed by atoms with Gasteiger partial charge in [-0.05, 0) is 0 Å². The summed E-state index contributed by atoms with van der Waals surface area (Å²) in [6.45, 7) is 1.80. The van der Waals surface area contributed by atoms with Crippen molar-refractivity contribution in [2.75, 3.05) is 5.75 Å². The van der Waals surface area contributed by atoms with Gasteiger partial charge in [0.2, 0.25) is 0 Å². The normalized spacial score (nSPS) is 13.4. The van der Waals surface area contributed by atoms with Gasteiger partial charge in [-0.2, -0.15) is 0 Å². The van der Waals surface area contributed by atoms with Crippen molar-refractivity contribution in [2.45, 2.75) is 6.92 Å². The van der Waals surface area contributed by atoms with Gasteiger partial charge in [0, 0.05) is 5.75 Å². The molecule has 0 radical (unpaired) electrons. The van der Waals surface area contributed by atoms with E-state index in [0.717, 1.165) is 0 Å². The quantitative estimate of drug-likeness (QED) is 0.448. The zero-order valence-electron chi connectivity index (χ0n) is 3.88. The summed E-state index contributed by atoms with van der Waals surface area (Å²) in [5.41, 5.74) is 0. The third-order valence-corrected chi connectivity index (χ3v) is 2.54. The highest BCUT2D eigenvalue weighted by molar-refractivity contribution is 8.35. The van der Waals surface area contributed by atoms with E-state index in [0.29, 0.717) is 9.28 Å². The molecule has 0 saturated heterocycles. The Morgan fingerprint density at radius 1 is 2.00 bits per heavy atom. The van der Waals surface area contributed by atoms with E-state index >= 15 is 0 Å². The number of hydrogen-bond acceptors (Lipinski definition) is 2. The molecular weight excluding hydrogens is 148 g/mol. The zero-order chi connectivity index (χ0) is 5.86. The summed E-state index contributed by atoms with van der Waals surface area (Å²) >= 11 is 8.19. The summed E-state index contributed by atoms with van der Waals surface area (Å²) in [5.74, 6) is 0.572. The largest absolute Gasteiger partial charge is 0.253 e. The van der Waals surface area contributed by atoms with Gasteiger partial charge >= 0.3 is 0 Å². The fourth-order valence-electron chi connectivity index (χ4n) is 0.123. The van der Waals surface area contributed by atoms with E-state index in [1.807, 2.05) is 0 Å². The van der Waals surface area contributed by atoms with Crippen LogP contribution in [-0.2, 0) is 10.8 Å². The van der Waals surface area contributed by atoms with Crippen LogP contribution in [0.5, 0.6) is 0 Å². The first kappa shape index (κ1) is 7.59. The van der Waals surface area contributed by atoms with E-state index in [1.165, 1.54) is 0 Å². The molecule has 0 fully saturated rings. The first-order chi connectivity index (χ1) is 3.18. The van der Waals surface area contributed by atoms with Crippen molar-refractivity contribution in [2.24, 2.45) is 0 Å². The van der Waals surface area contributed by atoms with Crippen molar-refractivity contribution in [1.82, 2.24) is 0 Å². The van der Waals surface area contributed by atoms with Crippen LogP contribution in [0.1, 0.15) is 6.92 Å². The molecule has 0 rings (SSSR count). The molecule has 0 heterocycles. The topological polar surface area (TPSA) is 17.1 Å². The SMILES string of the molecule is CCS(=O)C(=S)S. The van der Waals surface area contributed by atoms with E-state index in [9.17, 15) is 4.21 Å². The highest BCUT2D eigenvalue weighted by Crippen LogP contribution is 1.90. The summed E-state index contributed by atoms with van der Waals surface area (Å²) in [6.07, 6.45) is 0. The molecule has 1 nitrogen and oxygen atoms in total. The maximum atomic E-state index is 10.4. The van der Waals surface area contributed by atoms with Gasteiger partial charge in [0.25, 0.3) is 0 Å². The van der Waals surface area contributed by atoms with Gasteiger partial charge in [-0.25, -0.2) is 0 Å². The second-order valence-corrected chi connectivity index (χ2v) is 4.30. The second kappa shape index (κ2) is 3.57. The fraction of sp³-hybridized carbons (Fsp3) is 0.667. The smallest absolute Gasteiger partial charge is 0.132 e. The molecule has 7 heavy (non-hydrogen) atoms. The van der Waals surface area contributed by atoms with Crippen molar-refractivity contribution in [1.29, 1.82) is 0 Å². The predicted molar refractivity (Wildman–Crippen MR) is 40.3 cm³/mol. The molecule has 0 aromatic rings. The highest BCUT2D eigenvalue weighted by atomic mass is 32.2. The lowest BCUT2D eigenvalue weighted by molar-refractivity contribution is 0.691. The average Bonchev–Trinajstić information content (AvgIpc) is 1.65. The third kappa shape index (κ3) is 3.20. The minimum atomic E-state index is -0.983. The molecule has 0 aliphatic heterocycles. The van der Waals surface area contributed by atoms with E-state index in [2.05, 4.69) is 24.8 Å². The monoisotopic (exact) mass is 154 g/mol. The number of hydrogen-bond donors (Lipinski definition) is 1. The molecule has 0 bridgehead atoms. The van der Waals surface area contributed by atoms with Crippen LogP contribution >= 0.6 is 24.8 Å². The highest BCUT2D eigenvalue weighted by Gasteiger charge is 1.94. The fourth-order valence-corrected chi connectivity index (χ4v) is 1.11. The van der Waals surface area contributed by atoms with Crippen molar-refractivity contribution in [3.05, 3.63) is 0 Å². The molecular formula is C3H6OS3. The van der Waals surface area contributed by atoms with Gasteiger partial charge in [0.1, 0.15) is 3.53 Å². The average molecular weight is 154 g/mol. The van der Waals surface area contributed by atoms with Crippen LogP contribution in [0.3, 0.4) is 0 Å². The van der Waals surface area contributed by atoms with Crippen molar-refractivity contribution in [3.63, 3.8) is 0 Å². The molecule has 0 spiro atoms. The Labute approximate surface area is 56.4 Å².